The van der Waals surface area contributed by atoms with Crippen LogP contribution in [-0.4, -0.2) is 36.7 Å². The molecular formula is C11H23FN2. The third kappa shape index (κ3) is 3.54. The maximum Gasteiger partial charge on any atom is 0.0906 e. The predicted molar refractivity (Wildman–Crippen MR) is 58.1 cm³/mol. The summed E-state index contributed by atoms with van der Waals surface area (Å²) in [7, 11) is 0. The Morgan fingerprint density at radius 2 is 1.93 bits per heavy atom. The zero-order valence-corrected chi connectivity index (χ0v) is 9.21. The number of rotatable bonds is 5. The van der Waals surface area contributed by atoms with Gasteiger partial charge in [-0.2, -0.15) is 0 Å². The normalized spacial score (nSPS) is 28.3. The summed E-state index contributed by atoms with van der Waals surface area (Å²) in [6.07, 6.45) is 5.34. The zero-order chi connectivity index (χ0) is 10.4. The molecular weight excluding hydrogens is 179 g/mol. The topological polar surface area (TPSA) is 29.3 Å². The van der Waals surface area contributed by atoms with E-state index in [0.717, 1.165) is 25.9 Å². The molecule has 1 fully saturated rings. The number of halogens is 1. The molecule has 0 aliphatic heterocycles. The highest BCUT2D eigenvalue weighted by molar-refractivity contribution is 4.80. The lowest BCUT2D eigenvalue weighted by atomic mass is 9.90. The summed E-state index contributed by atoms with van der Waals surface area (Å²) in [5, 5.41) is 0. The Kier molecular flexibility index (Phi) is 5.41. The second kappa shape index (κ2) is 6.36. The number of hydrogen-bond donors (Lipinski definition) is 1. The molecule has 0 saturated heterocycles. The summed E-state index contributed by atoms with van der Waals surface area (Å²) in [5.74, 6) is 0. The van der Waals surface area contributed by atoms with Gasteiger partial charge < -0.3 is 10.6 Å². The first-order valence-corrected chi connectivity index (χ1v) is 5.83. The Morgan fingerprint density at radius 1 is 1.29 bits per heavy atom. The van der Waals surface area contributed by atoms with Gasteiger partial charge in [-0.25, -0.2) is 0 Å². The summed E-state index contributed by atoms with van der Waals surface area (Å²) < 4.78 is 12.1. The summed E-state index contributed by atoms with van der Waals surface area (Å²) in [6.45, 7) is 3.92. The Morgan fingerprint density at radius 3 is 2.43 bits per heavy atom. The molecule has 14 heavy (non-hydrogen) atoms. The van der Waals surface area contributed by atoms with Gasteiger partial charge in [0.25, 0.3) is 0 Å². The summed E-state index contributed by atoms with van der Waals surface area (Å²) >= 11 is 0. The van der Waals surface area contributed by atoms with Crippen molar-refractivity contribution in [3.8, 4) is 0 Å². The predicted octanol–water partition coefficient (Wildman–Crippen LogP) is 1.94. The maximum atomic E-state index is 12.1. The van der Waals surface area contributed by atoms with Gasteiger partial charge >= 0.3 is 0 Å². The molecule has 0 bridgehead atoms. The van der Waals surface area contributed by atoms with E-state index < -0.39 is 0 Å². The fourth-order valence-corrected chi connectivity index (χ4v) is 2.33. The monoisotopic (exact) mass is 202 g/mol. The second-order valence-corrected chi connectivity index (χ2v) is 4.24. The minimum Gasteiger partial charge on any atom is -0.328 e. The van der Waals surface area contributed by atoms with Crippen molar-refractivity contribution in [1.82, 2.24) is 4.90 Å². The lowest BCUT2D eigenvalue weighted by Gasteiger charge is -2.35. The fraction of sp³-hybridized carbons (Fsp3) is 1.00. The van der Waals surface area contributed by atoms with E-state index in [1.165, 1.54) is 12.8 Å². The molecule has 1 aliphatic rings. The first kappa shape index (κ1) is 11.9. The van der Waals surface area contributed by atoms with Crippen molar-refractivity contribution in [1.29, 1.82) is 0 Å². The quantitative estimate of drug-likeness (QED) is 0.738. The molecule has 0 unspecified atom stereocenters. The molecule has 2 N–H and O–H groups in total. The van der Waals surface area contributed by atoms with E-state index in [4.69, 9.17) is 5.73 Å². The van der Waals surface area contributed by atoms with Crippen LogP contribution in [0.2, 0.25) is 0 Å². The van der Waals surface area contributed by atoms with E-state index >= 15 is 0 Å². The Labute approximate surface area is 86.6 Å². The van der Waals surface area contributed by atoms with Gasteiger partial charge in [0.05, 0.1) is 6.67 Å². The van der Waals surface area contributed by atoms with Gasteiger partial charge in [-0.1, -0.05) is 6.92 Å². The highest BCUT2D eigenvalue weighted by Crippen LogP contribution is 2.21. The molecule has 2 nitrogen and oxygen atoms in total. The molecule has 0 radical (unpaired) electrons. The molecule has 0 amide bonds. The lowest BCUT2D eigenvalue weighted by Crippen LogP contribution is -2.41. The molecule has 3 heteroatoms. The van der Waals surface area contributed by atoms with Crippen LogP contribution in [0, 0.1) is 0 Å². The molecule has 1 saturated carbocycles. The number of nitrogens with zero attached hydrogens (tertiary/aromatic N) is 1. The van der Waals surface area contributed by atoms with Gasteiger partial charge in [-0.15, -0.1) is 0 Å². The largest absolute Gasteiger partial charge is 0.328 e. The third-order valence-electron chi connectivity index (χ3n) is 3.24. The van der Waals surface area contributed by atoms with Crippen LogP contribution in [0.5, 0.6) is 0 Å². The van der Waals surface area contributed by atoms with E-state index in [0.29, 0.717) is 18.5 Å². The van der Waals surface area contributed by atoms with Crippen molar-refractivity contribution >= 4 is 0 Å². The van der Waals surface area contributed by atoms with Gasteiger partial charge in [0, 0.05) is 18.6 Å². The van der Waals surface area contributed by atoms with E-state index in [-0.39, 0.29) is 6.67 Å². The van der Waals surface area contributed by atoms with Crippen molar-refractivity contribution in [3.63, 3.8) is 0 Å². The van der Waals surface area contributed by atoms with E-state index in [1.54, 1.807) is 0 Å². The number of nitrogens with two attached hydrogens (primary N) is 1. The van der Waals surface area contributed by atoms with Crippen LogP contribution in [0.25, 0.3) is 0 Å². The zero-order valence-electron chi connectivity index (χ0n) is 9.21. The van der Waals surface area contributed by atoms with Crippen LogP contribution in [0.3, 0.4) is 0 Å². The molecule has 0 aromatic rings. The SMILES string of the molecule is CCN(CCCF)C1CCC(N)CC1. The van der Waals surface area contributed by atoms with Crippen molar-refractivity contribution in [2.45, 2.75) is 51.1 Å². The van der Waals surface area contributed by atoms with Crippen LogP contribution in [0.1, 0.15) is 39.0 Å². The van der Waals surface area contributed by atoms with Gasteiger partial charge in [-0.3, -0.25) is 4.39 Å². The van der Waals surface area contributed by atoms with Crippen molar-refractivity contribution in [3.05, 3.63) is 0 Å². The standard InChI is InChI=1S/C11H23FN2/c1-2-14(9-3-8-12)11-6-4-10(13)5-7-11/h10-11H,2-9,13H2,1H3. The molecule has 84 valence electrons. The van der Waals surface area contributed by atoms with E-state index in [9.17, 15) is 4.39 Å². The summed E-state index contributed by atoms with van der Waals surface area (Å²) in [4.78, 5) is 2.41. The lowest BCUT2D eigenvalue weighted by molar-refractivity contribution is 0.151. The fourth-order valence-electron chi connectivity index (χ4n) is 2.33. The van der Waals surface area contributed by atoms with Crippen LogP contribution in [-0.2, 0) is 0 Å². The van der Waals surface area contributed by atoms with Crippen LogP contribution in [0.15, 0.2) is 0 Å². The average Bonchev–Trinajstić information content (AvgIpc) is 2.21. The van der Waals surface area contributed by atoms with Gasteiger partial charge in [0.1, 0.15) is 0 Å². The summed E-state index contributed by atoms with van der Waals surface area (Å²) in [6, 6.07) is 1.07. The third-order valence-corrected chi connectivity index (χ3v) is 3.24. The highest BCUT2D eigenvalue weighted by atomic mass is 19.1. The average molecular weight is 202 g/mol. The van der Waals surface area contributed by atoms with Crippen molar-refractivity contribution in [2.75, 3.05) is 19.8 Å². The smallest absolute Gasteiger partial charge is 0.0906 e. The van der Waals surface area contributed by atoms with Crippen LogP contribution >= 0.6 is 0 Å². The minimum absolute atomic E-state index is 0.192. The molecule has 0 heterocycles. The molecule has 0 aromatic heterocycles. The van der Waals surface area contributed by atoms with Crippen molar-refractivity contribution in [2.24, 2.45) is 5.73 Å². The first-order valence-electron chi connectivity index (χ1n) is 5.83. The molecule has 0 aromatic carbocycles. The van der Waals surface area contributed by atoms with Crippen LogP contribution in [0.4, 0.5) is 4.39 Å². The number of hydrogen-bond acceptors (Lipinski definition) is 2. The van der Waals surface area contributed by atoms with Gasteiger partial charge in [0.15, 0.2) is 0 Å². The Balaban J connectivity index is 2.29. The van der Waals surface area contributed by atoms with Gasteiger partial charge in [0.2, 0.25) is 0 Å². The first-order chi connectivity index (χ1) is 6.77. The molecule has 0 atom stereocenters. The Hall–Kier alpha value is -0.150. The Bertz CT molecular complexity index is 141. The molecule has 0 spiro atoms. The van der Waals surface area contributed by atoms with Crippen LogP contribution < -0.4 is 5.73 Å². The molecule has 1 aliphatic carbocycles. The van der Waals surface area contributed by atoms with E-state index in [2.05, 4.69) is 11.8 Å². The van der Waals surface area contributed by atoms with E-state index in [1.807, 2.05) is 0 Å². The highest BCUT2D eigenvalue weighted by Gasteiger charge is 2.22. The number of alkyl halides is 1. The van der Waals surface area contributed by atoms with Gasteiger partial charge in [-0.05, 0) is 38.6 Å². The maximum absolute atomic E-state index is 12.1. The summed E-state index contributed by atoms with van der Waals surface area (Å²) in [5.41, 5.74) is 5.86. The van der Waals surface area contributed by atoms with Crippen molar-refractivity contribution < 1.29 is 4.39 Å². The molecule has 1 rings (SSSR count). The minimum atomic E-state index is -0.192. The second-order valence-electron chi connectivity index (χ2n) is 4.24.